The Balaban J connectivity index is 1.45. The zero-order valence-corrected chi connectivity index (χ0v) is 23.0. The predicted octanol–water partition coefficient (Wildman–Crippen LogP) is 5.05. The molecule has 0 aliphatic rings. The minimum atomic E-state index is -3.88. The average molecular weight is 574 g/mol. The van der Waals surface area contributed by atoms with Crippen LogP contribution in [0.1, 0.15) is 26.5 Å². The third kappa shape index (κ3) is 7.39. The Labute approximate surface area is 230 Å². The molecule has 0 aliphatic carbocycles. The molecule has 0 radical (unpaired) electrons. The van der Waals surface area contributed by atoms with Crippen LogP contribution >= 0.6 is 11.6 Å². The Bertz CT molecular complexity index is 1580. The van der Waals surface area contributed by atoms with E-state index in [2.05, 4.69) is 5.32 Å². The number of nitrogens with one attached hydrogen (secondary N) is 1. The topological polar surface area (TPSA) is 115 Å². The molecular formula is C27H26BClFNO7S. The lowest BCUT2D eigenvalue weighted by Crippen LogP contribution is -2.35. The maximum absolute atomic E-state index is 13.1. The van der Waals surface area contributed by atoms with Crippen LogP contribution in [0.15, 0.2) is 76.0 Å². The number of ether oxygens (including phenoxy) is 1. The van der Waals surface area contributed by atoms with Crippen LogP contribution in [0.5, 0.6) is 0 Å². The molecule has 1 heterocycles. The summed E-state index contributed by atoms with van der Waals surface area (Å²) < 4.78 is 54.6. The first-order chi connectivity index (χ1) is 18.3. The van der Waals surface area contributed by atoms with E-state index in [4.69, 9.17) is 25.4 Å². The van der Waals surface area contributed by atoms with Gasteiger partial charge in [-0.2, -0.15) is 0 Å². The van der Waals surface area contributed by atoms with E-state index in [1.165, 1.54) is 24.3 Å². The van der Waals surface area contributed by atoms with Gasteiger partial charge in [-0.15, -0.1) is 0 Å². The fraction of sp³-hybridized carbons (Fsp3) is 0.222. The van der Waals surface area contributed by atoms with E-state index >= 15 is 0 Å². The molecule has 0 bridgehead atoms. The number of sulfone groups is 1. The molecule has 1 aromatic heterocycles. The molecule has 204 valence electrons. The molecule has 1 amide bonds. The molecule has 0 spiro atoms. The van der Waals surface area contributed by atoms with Gasteiger partial charge in [0.25, 0.3) is 0 Å². The fourth-order valence-electron chi connectivity index (χ4n) is 3.69. The second-order valence-corrected chi connectivity index (χ2v) is 12.1. The van der Waals surface area contributed by atoms with E-state index in [0.29, 0.717) is 27.3 Å². The number of carbonyl (C=O) groups is 1. The van der Waals surface area contributed by atoms with Crippen molar-refractivity contribution in [2.45, 2.75) is 37.8 Å². The molecule has 2 N–H and O–H groups in total. The number of alkyl carbamates (subject to hydrolysis) is 1. The van der Waals surface area contributed by atoms with Crippen molar-refractivity contribution in [3.8, 4) is 11.1 Å². The standard InChI is InChI=1S/C27H26BClFNO7S/c1-27(2,3)38-26(32)31-15-22-13-19-12-18(14-24(29)25(19)37-22)17-4-10-23(11-5-17)39(34,35)16-36-28(33)20-6-8-21(30)9-7-20/h4-14,33H,15-16H2,1-3H3,(H,31,32). The summed E-state index contributed by atoms with van der Waals surface area (Å²) in [7, 11) is -5.40. The lowest BCUT2D eigenvalue weighted by atomic mass is 9.80. The summed E-state index contributed by atoms with van der Waals surface area (Å²) in [5.74, 6) is -0.765. The molecule has 0 saturated carbocycles. The molecule has 0 fully saturated rings. The Kier molecular flexibility index (Phi) is 8.36. The van der Waals surface area contributed by atoms with Crippen molar-refractivity contribution in [1.29, 1.82) is 0 Å². The molecule has 4 rings (SSSR count). The fourth-order valence-corrected chi connectivity index (χ4v) is 4.95. The Hall–Kier alpha value is -3.38. The highest BCUT2D eigenvalue weighted by molar-refractivity contribution is 7.91. The van der Waals surface area contributed by atoms with Gasteiger partial charge < -0.3 is 24.1 Å². The van der Waals surface area contributed by atoms with Gasteiger partial charge in [0.1, 0.15) is 23.1 Å². The van der Waals surface area contributed by atoms with Crippen LogP contribution in [0.3, 0.4) is 0 Å². The minimum absolute atomic E-state index is 0.00328. The van der Waals surface area contributed by atoms with E-state index in [1.54, 1.807) is 45.0 Å². The maximum Gasteiger partial charge on any atom is 0.491 e. The molecule has 39 heavy (non-hydrogen) atoms. The van der Waals surface area contributed by atoms with Crippen LogP contribution in [0.4, 0.5) is 9.18 Å². The monoisotopic (exact) mass is 573 g/mol. The third-order valence-corrected chi connectivity index (χ3v) is 7.23. The van der Waals surface area contributed by atoms with Crippen molar-refractivity contribution in [3.05, 3.63) is 83.3 Å². The van der Waals surface area contributed by atoms with Gasteiger partial charge in [-0.05, 0) is 79.8 Å². The smallest absolute Gasteiger partial charge is 0.458 e. The maximum atomic E-state index is 13.1. The average Bonchev–Trinajstić information content (AvgIpc) is 3.29. The molecular weight excluding hydrogens is 548 g/mol. The zero-order valence-electron chi connectivity index (χ0n) is 21.4. The van der Waals surface area contributed by atoms with Crippen molar-refractivity contribution in [3.63, 3.8) is 0 Å². The summed E-state index contributed by atoms with van der Waals surface area (Å²) in [5, 5.41) is 13.8. The Morgan fingerprint density at radius 3 is 2.36 bits per heavy atom. The highest BCUT2D eigenvalue weighted by atomic mass is 35.5. The lowest BCUT2D eigenvalue weighted by molar-refractivity contribution is 0.0520. The highest BCUT2D eigenvalue weighted by Crippen LogP contribution is 2.33. The number of fused-ring (bicyclic) bond motifs is 1. The van der Waals surface area contributed by atoms with Crippen LogP contribution < -0.4 is 10.8 Å². The third-order valence-electron chi connectivity index (χ3n) is 5.51. The number of rotatable bonds is 8. The zero-order chi connectivity index (χ0) is 28.4. The van der Waals surface area contributed by atoms with Crippen molar-refractivity contribution in [1.82, 2.24) is 5.32 Å². The van der Waals surface area contributed by atoms with Gasteiger partial charge in [-0.25, -0.2) is 17.6 Å². The van der Waals surface area contributed by atoms with Crippen LogP contribution in [0.2, 0.25) is 5.02 Å². The van der Waals surface area contributed by atoms with Crippen molar-refractivity contribution < 1.29 is 36.4 Å². The predicted molar refractivity (Wildman–Crippen MR) is 147 cm³/mol. The summed E-state index contributed by atoms with van der Waals surface area (Å²) in [6.45, 7) is 5.42. The lowest BCUT2D eigenvalue weighted by Gasteiger charge is -2.19. The summed E-state index contributed by atoms with van der Waals surface area (Å²) in [6, 6.07) is 16.3. The summed E-state index contributed by atoms with van der Waals surface area (Å²) in [4.78, 5) is 11.9. The molecule has 8 nitrogen and oxygen atoms in total. The SMILES string of the molecule is CC(C)(C)OC(=O)NCc1cc2cc(-c3ccc(S(=O)(=O)COB(O)c4ccc(F)cc4)cc3)cc(Cl)c2o1. The Morgan fingerprint density at radius 2 is 1.72 bits per heavy atom. The molecule has 0 unspecified atom stereocenters. The first kappa shape index (κ1) is 28.6. The second kappa shape index (κ2) is 11.4. The van der Waals surface area contributed by atoms with Crippen molar-refractivity contribution in [2.75, 3.05) is 5.94 Å². The first-order valence-corrected chi connectivity index (χ1v) is 13.9. The van der Waals surface area contributed by atoms with Gasteiger partial charge in [0, 0.05) is 5.39 Å². The van der Waals surface area contributed by atoms with Crippen LogP contribution in [0, 0.1) is 5.82 Å². The van der Waals surface area contributed by atoms with Gasteiger partial charge in [0.2, 0.25) is 9.84 Å². The first-order valence-electron chi connectivity index (χ1n) is 11.9. The summed E-state index contributed by atoms with van der Waals surface area (Å²) >= 11 is 6.45. The number of benzene rings is 3. The number of hydrogen-bond acceptors (Lipinski definition) is 7. The van der Waals surface area contributed by atoms with Gasteiger partial charge in [0.05, 0.1) is 16.5 Å². The van der Waals surface area contributed by atoms with Gasteiger partial charge >= 0.3 is 13.2 Å². The van der Waals surface area contributed by atoms with Gasteiger partial charge in [-0.3, -0.25) is 0 Å². The number of amides is 1. The van der Waals surface area contributed by atoms with E-state index < -0.39 is 40.4 Å². The largest absolute Gasteiger partial charge is 0.491 e. The van der Waals surface area contributed by atoms with Crippen LogP contribution in [0.25, 0.3) is 22.1 Å². The van der Waals surface area contributed by atoms with Crippen LogP contribution in [-0.2, 0) is 25.8 Å². The number of hydrogen-bond donors (Lipinski definition) is 2. The van der Waals surface area contributed by atoms with Gasteiger partial charge in [-0.1, -0.05) is 35.9 Å². The summed E-state index contributed by atoms with van der Waals surface area (Å²) in [5.41, 5.74) is 1.50. The second-order valence-electron chi connectivity index (χ2n) is 9.77. The minimum Gasteiger partial charge on any atom is -0.458 e. The van der Waals surface area contributed by atoms with Crippen LogP contribution in [-0.4, -0.2) is 38.2 Å². The number of halogens is 2. The van der Waals surface area contributed by atoms with Crippen molar-refractivity contribution in [2.24, 2.45) is 0 Å². The van der Waals surface area contributed by atoms with E-state index in [1.807, 2.05) is 6.07 Å². The quantitative estimate of drug-likeness (QED) is 0.283. The van der Waals surface area contributed by atoms with E-state index in [9.17, 15) is 22.6 Å². The molecule has 12 heteroatoms. The molecule has 0 atom stereocenters. The number of furan rings is 1. The van der Waals surface area contributed by atoms with E-state index in [-0.39, 0.29) is 16.9 Å². The van der Waals surface area contributed by atoms with Gasteiger partial charge in [0.15, 0.2) is 5.58 Å². The number of carbonyl (C=O) groups excluding carboxylic acids is 1. The van der Waals surface area contributed by atoms with Crippen molar-refractivity contribution >= 4 is 51.1 Å². The highest BCUT2D eigenvalue weighted by Gasteiger charge is 2.22. The Morgan fingerprint density at radius 1 is 1.05 bits per heavy atom. The molecule has 0 saturated heterocycles. The normalized spacial score (nSPS) is 11.9. The molecule has 0 aliphatic heterocycles. The molecule has 4 aromatic rings. The molecule has 3 aromatic carbocycles. The summed E-state index contributed by atoms with van der Waals surface area (Å²) in [6.07, 6.45) is -0.569. The van der Waals surface area contributed by atoms with E-state index in [0.717, 1.165) is 17.7 Å².